The number of nitrogens with zero attached hydrogens (tertiary/aromatic N) is 3. The van der Waals surface area contributed by atoms with Crippen LogP contribution in [0.15, 0.2) is 36.5 Å². The van der Waals surface area contributed by atoms with Gasteiger partial charge in [-0.2, -0.15) is 18.3 Å². The minimum Gasteiger partial charge on any atom is -0.365 e. The quantitative estimate of drug-likeness (QED) is 0.312. The molecule has 0 spiro atoms. The normalized spacial score (nSPS) is 11.4. The summed E-state index contributed by atoms with van der Waals surface area (Å²) in [5.41, 5.74) is 5.24. The standard InChI is InChI=1S/C19H17F4N4O4P.C3H8/c1-10-17(18(24)28)15(9-31-32(29)30)27(26-10)16-7-11(2-3-25-16)4-12-5-13(19(21,22)23)8-14(20)6-12;1-3-2/h2-3,5-8,29-30H,4,9H2,1H3,(H2,24,28);3H2,1-2H3. The molecule has 3 aromatic rings. The van der Waals surface area contributed by atoms with Crippen molar-refractivity contribution in [1.82, 2.24) is 14.8 Å². The van der Waals surface area contributed by atoms with Crippen LogP contribution in [0.2, 0.25) is 0 Å². The van der Waals surface area contributed by atoms with Crippen LogP contribution in [0, 0.1) is 12.7 Å². The number of pyridine rings is 1. The van der Waals surface area contributed by atoms with Crippen LogP contribution in [-0.4, -0.2) is 30.5 Å². The molecule has 1 aromatic carbocycles. The average molecular weight is 516 g/mol. The third kappa shape index (κ3) is 7.79. The second kappa shape index (κ2) is 12.2. The number of aryl methyl sites for hydroxylation is 1. The number of carbonyl (C=O) groups is 1. The van der Waals surface area contributed by atoms with E-state index in [0.717, 1.165) is 12.1 Å². The third-order valence-electron chi connectivity index (χ3n) is 4.44. The molecule has 0 aliphatic rings. The van der Waals surface area contributed by atoms with Gasteiger partial charge in [0.15, 0.2) is 5.82 Å². The zero-order chi connectivity index (χ0) is 26.3. The Morgan fingerprint density at radius 1 is 1.17 bits per heavy atom. The van der Waals surface area contributed by atoms with Gasteiger partial charge in [-0.05, 0) is 54.8 Å². The van der Waals surface area contributed by atoms with Crippen LogP contribution < -0.4 is 5.73 Å². The largest absolute Gasteiger partial charge is 0.416 e. The second-order valence-electron chi connectivity index (χ2n) is 7.46. The lowest BCUT2D eigenvalue weighted by atomic mass is 10.0. The number of hydrogen-bond acceptors (Lipinski definition) is 6. The van der Waals surface area contributed by atoms with E-state index in [1.165, 1.54) is 36.4 Å². The Morgan fingerprint density at radius 3 is 2.40 bits per heavy atom. The molecular formula is C22H25F4N4O4P. The van der Waals surface area contributed by atoms with Crippen LogP contribution in [-0.2, 0) is 23.7 Å². The molecule has 0 aliphatic heterocycles. The van der Waals surface area contributed by atoms with Gasteiger partial charge in [0, 0.05) is 6.20 Å². The second-order valence-corrected chi connectivity index (χ2v) is 8.23. The summed E-state index contributed by atoms with van der Waals surface area (Å²) in [6.07, 6.45) is -2.11. The van der Waals surface area contributed by atoms with E-state index in [2.05, 4.69) is 23.9 Å². The summed E-state index contributed by atoms with van der Waals surface area (Å²) >= 11 is 0. The molecule has 2 heterocycles. The number of primary amides is 1. The Hall–Kier alpha value is -2.92. The van der Waals surface area contributed by atoms with Gasteiger partial charge < -0.3 is 20.0 Å². The molecule has 8 nitrogen and oxygen atoms in total. The van der Waals surface area contributed by atoms with Crippen LogP contribution in [0.25, 0.3) is 5.82 Å². The van der Waals surface area contributed by atoms with Crippen molar-refractivity contribution in [2.75, 3.05) is 0 Å². The fourth-order valence-electron chi connectivity index (χ4n) is 3.18. The lowest BCUT2D eigenvalue weighted by Gasteiger charge is -2.11. The molecule has 1 amide bonds. The molecule has 35 heavy (non-hydrogen) atoms. The highest BCUT2D eigenvalue weighted by atomic mass is 31.2. The maximum Gasteiger partial charge on any atom is 0.416 e. The number of hydrogen-bond donors (Lipinski definition) is 3. The molecule has 2 aromatic heterocycles. The van der Waals surface area contributed by atoms with Gasteiger partial charge in [0.05, 0.1) is 29.1 Å². The number of amides is 1. The van der Waals surface area contributed by atoms with Gasteiger partial charge in [0.25, 0.3) is 5.91 Å². The van der Waals surface area contributed by atoms with Crippen molar-refractivity contribution in [3.8, 4) is 5.82 Å². The molecule has 0 radical (unpaired) electrons. The smallest absolute Gasteiger partial charge is 0.365 e. The first-order valence-corrected chi connectivity index (χ1v) is 11.5. The number of alkyl halides is 3. The minimum atomic E-state index is -4.69. The predicted molar refractivity (Wildman–Crippen MR) is 121 cm³/mol. The first kappa shape index (κ1) is 28.3. The molecule has 0 aliphatic carbocycles. The van der Waals surface area contributed by atoms with E-state index < -0.39 is 38.7 Å². The van der Waals surface area contributed by atoms with Gasteiger partial charge in [-0.25, -0.2) is 14.1 Å². The molecule has 4 N–H and O–H groups in total. The number of benzene rings is 1. The number of aromatic nitrogens is 3. The molecule has 0 saturated heterocycles. The number of carbonyl (C=O) groups excluding carboxylic acids is 1. The minimum absolute atomic E-state index is 0.00834. The van der Waals surface area contributed by atoms with Gasteiger partial charge in [-0.15, -0.1) is 0 Å². The third-order valence-corrected chi connectivity index (χ3v) is 4.80. The molecule has 0 unspecified atom stereocenters. The zero-order valence-corrected chi connectivity index (χ0v) is 20.1. The maximum absolute atomic E-state index is 13.7. The molecular weight excluding hydrogens is 491 g/mol. The summed E-state index contributed by atoms with van der Waals surface area (Å²) in [7, 11) is -2.72. The summed E-state index contributed by atoms with van der Waals surface area (Å²) in [6, 6.07) is 5.30. The van der Waals surface area contributed by atoms with Crippen molar-refractivity contribution >= 4 is 14.5 Å². The predicted octanol–water partition coefficient (Wildman–Crippen LogP) is 4.57. The monoisotopic (exact) mass is 516 g/mol. The Kier molecular flexibility index (Phi) is 9.84. The molecule has 190 valence electrons. The van der Waals surface area contributed by atoms with Gasteiger partial charge in [-0.3, -0.25) is 4.79 Å². The van der Waals surface area contributed by atoms with Crippen molar-refractivity contribution in [3.05, 3.63) is 76.0 Å². The molecule has 13 heteroatoms. The van der Waals surface area contributed by atoms with Gasteiger partial charge >= 0.3 is 14.8 Å². The van der Waals surface area contributed by atoms with E-state index in [1.54, 1.807) is 0 Å². The fraction of sp³-hybridized carbons (Fsp3) is 0.318. The van der Waals surface area contributed by atoms with Gasteiger partial charge in [-0.1, -0.05) is 20.3 Å². The Balaban J connectivity index is 0.00000137. The van der Waals surface area contributed by atoms with Crippen molar-refractivity contribution in [2.45, 2.75) is 46.4 Å². The number of rotatable bonds is 7. The summed E-state index contributed by atoms with van der Waals surface area (Å²) < 4.78 is 58.7. The van der Waals surface area contributed by atoms with Crippen LogP contribution in [0.4, 0.5) is 17.6 Å². The van der Waals surface area contributed by atoms with Gasteiger partial charge in [0.1, 0.15) is 5.82 Å². The van der Waals surface area contributed by atoms with E-state index in [-0.39, 0.29) is 34.8 Å². The van der Waals surface area contributed by atoms with E-state index in [1.807, 2.05) is 0 Å². The Bertz CT molecular complexity index is 1170. The first-order valence-electron chi connectivity index (χ1n) is 10.4. The van der Waals surface area contributed by atoms with Crippen molar-refractivity contribution in [1.29, 1.82) is 0 Å². The molecule has 0 fully saturated rings. The van der Waals surface area contributed by atoms with E-state index in [0.29, 0.717) is 11.6 Å². The zero-order valence-electron chi connectivity index (χ0n) is 19.2. The molecule has 0 saturated carbocycles. The number of nitrogens with two attached hydrogens (primary N) is 1. The van der Waals surface area contributed by atoms with Crippen LogP contribution >= 0.6 is 8.60 Å². The Morgan fingerprint density at radius 2 is 1.83 bits per heavy atom. The number of halogens is 4. The first-order chi connectivity index (χ1) is 16.4. The van der Waals surface area contributed by atoms with Crippen LogP contribution in [0.3, 0.4) is 0 Å². The maximum atomic E-state index is 13.7. The highest BCUT2D eigenvalue weighted by Crippen LogP contribution is 2.31. The van der Waals surface area contributed by atoms with Crippen molar-refractivity contribution in [3.63, 3.8) is 0 Å². The average Bonchev–Trinajstić information content (AvgIpc) is 3.08. The highest BCUT2D eigenvalue weighted by Gasteiger charge is 2.31. The van der Waals surface area contributed by atoms with Crippen LogP contribution in [0.1, 0.15) is 58.7 Å². The van der Waals surface area contributed by atoms with E-state index in [4.69, 9.17) is 20.0 Å². The SMILES string of the molecule is CCC.Cc1nn(-c2cc(Cc3cc(F)cc(C(F)(F)F)c3)ccn2)c(COP(O)O)c1C(N)=O. The highest BCUT2D eigenvalue weighted by molar-refractivity contribution is 7.39. The summed E-state index contributed by atoms with van der Waals surface area (Å²) in [6.45, 7) is 5.35. The van der Waals surface area contributed by atoms with E-state index in [9.17, 15) is 22.4 Å². The van der Waals surface area contributed by atoms with Gasteiger partial charge in [0.2, 0.25) is 0 Å². The lowest BCUT2D eigenvalue weighted by Crippen LogP contribution is -2.15. The lowest BCUT2D eigenvalue weighted by molar-refractivity contribution is -0.137. The summed E-state index contributed by atoms with van der Waals surface area (Å²) in [5.74, 6) is -1.66. The van der Waals surface area contributed by atoms with Crippen LogP contribution in [0.5, 0.6) is 0 Å². The summed E-state index contributed by atoms with van der Waals surface area (Å²) in [4.78, 5) is 34.1. The van der Waals surface area contributed by atoms with Crippen molar-refractivity contribution < 1.29 is 36.7 Å². The molecule has 3 rings (SSSR count). The summed E-state index contributed by atoms with van der Waals surface area (Å²) in [5, 5.41) is 4.20. The Labute approximate surface area is 200 Å². The van der Waals surface area contributed by atoms with E-state index >= 15 is 0 Å². The topological polar surface area (TPSA) is 123 Å². The molecule has 0 bridgehead atoms. The fourth-order valence-corrected chi connectivity index (χ4v) is 3.41. The van der Waals surface area contributed by atoms with Crippen molar-refractivity contribution in [2.24, 2.45) is 5.73 Å². The molecule has 0 atom stereocenters.